The van der Waals surface area contributed by atoms with E-state index in [0.29, 0.717) is 5.92 Å². The van der Waals surface area contributed by atoms with Gasteiger partial charge < -0.3 is 4.74 Å². The van der Waals surface area contributed by atoms with E-state index >= 15 is 0 Å². The van der Waals surface area contributed by atoms with E-state index in [0.717, 1.165) is 6.42 Å². The van der Waals surface area contributed by atoms with Gasteiger partial charge in [0.05, 0.1) is 0 Å². The Morgan fingerprint density at radius 1 is 1.57 bits per heavy atom. The van der Waals surface area contributed by atoms with Gasteiger partial charge in [-0.05, 0) is 40.0 Å². The molecule has 0 aliphatic heterocycles. The molecule has 0 saturated heterocycles. The minimum absolute atomic E-state index is 0.188. The second kappa shape index (κ2) is 4.16. The fraction of sp³-hybridized carbons (Fsp3) is 0.750. The van der Waals surface area contributed by atoms with Gasteiger partial charge in [-0.3, -0.25) is 4.79 Å². The molecule has 0 aromatic carbocycles. The Kier molecular flexibility index (Phi) is 3.35. The summed E-state index contributed by atoms with van der Waals surface area (Å²) in [5, 5.41) is 0. The largest absolute Gasteiger partial charge is 0.459 e. The maximum absolute atomic E-state index is 10.9. The van der Waals surface area contributed by atoms with E-state index < -0.39 is 0 Å². The molecule has 80 valence electrons. The van der Waals surface area contributed by atoms with Crippen LogP contribution < -0.4 is 0 Å². The molecule has 14 heavy (non-hydrogen) atoms. The smallest absolute Gasteiger partial charge is 0.303 e. The van der Waals surface area contributed by atoms with Crippen molar-refractivity contribution in [2.45, 2.75) is 52.6 Å². The lowest BCUT2D eigenvalue weighted by atomic mass is 9.81. The molecular weight excluding hydrogens is 176 g/mol. The van der Waals surface area contributed by atoms with E-state index in [9.17, 15) is 4.79 Å². The van der Waals surface area contributed by atoms with Gasteiger partial charge in [-0.1, -0.05) is 11.6 Å². The van der Waals surface area contributed by atoms with Crippen LogP contribution in [0.3, 0.4) is 0 Å². The molecule has 2 nitrogen and oxygen atoms in total. The Labute approximate surface area is 86.3 Å². The van der Waals surface area contributed by atoms with Crippen LogP contribution in [0.25, 0.3) is 0 Å². The van der Waals surface area contributed by atoms with Crippen molar-refractivity contribution in [2.75, 3.05) is 0 Å². The van der Waals surface area contributed by atoms with Crippen LogP contribution >= 0.6 is 0 Å². The van der Waals surface area contributed by atoms with Gasteiger partial charge in [-0.2, -0.15) is 0 Å². The Morgan fingerprint density at radius 2 is 2.21 bits per heavy atom. The monoisotopic (exact) mass is 196 g/mol. The van der Waals surface area contributed by atoms with Crippen LogP contribution in [-0.4, -0.2) is 11.6 Å². The van der Waals surface area contributed by atoms with Crippen LogP contribution in [0.15, 0.2) is 11.6 Å². The van der Waals surface area contributed by atoms with Crippen molar-refractivity contribution in [3.05, 3.63) is 11.6 Å². The van der Waals surface area contributed by atoms with E-state index in [-0.39, 0.29) is 11.6 Å². The van der Waals surface area contributed by atoms with Crippen LogP contribution in [0.2, 0.25) is 0 Å². The number of ether oxygens (including phenoxy) is 1. The van der Waals surface area contributed by atoms with Gasteiger partial charge in [0, 0.05) is 12.8 Å². The second-order valence-corrected chi connectivity index (χ2v) is 4.71. The number of hydrogen-bond acceptors (Lipinski definition) is 2. The summed E-state index contributed by atoms with van der Waals surface area (Å²) in [4.78, 5) is 10.9. The van der Waals surface area contributed by atoms with Crippen LogP contribution in [0, 0.1) is 5.92 Å². The molecule has 0 saturated carbocycles. The SMILES string of the molecule is CC(=O)OC(C)(C)C1C=C(C)CCC1. The first kappa shape index (κ1) is 11.3. The van der Waals surface area contributed by atoms with E-state index in [1.165, 1.54) is 25.3 Å². The highest BCUT2D eigenvalue weighted by Gasteiger charge is 2.31. The zero-order valence-corrected chi connectivity index (χ0v) is 9.59. The first-order valence-corrected chi connectivity index (χ1v) is 5.28. The highest BCUT2D eigenvalue weighted by Crippen LogP contribution is 2.33. The normalized spacial score (nSPS) is 22.9. The summed E-state index contributed by atoms with van der Waals surface area (Å²) in [6.07, 6.45) is 5.77. The predicted molar refractivity (Wildman–Crippen MR) is 56.9 cm³/mol. The third-order valence-electron chi connectivity index (χ3n) is 2.87. The van der Waals surface area contributed by atoms with Gasteiger partial charge in [-0.25, -0.2) is 0 Å². The lowest BCUT2D eigenvalue weighted by Gasteiger charge is -2.34. The van der Waals surface area contributed by atoms with Crippen LogP contribution in [0.5, 0.6) is 0 Å². The number of hydrogen-bond donors (Lipinski definition) is 0. The maximum atomic E-state index is 10.9. The van der Waals surface area contributed by atoms with E-state index in [1.54, 1.807) is 0 Å². The molecule has 0 aromatic heterocycles. The van der Waals surface area contributed by atoms with Crippen LogP contribution in [0.4, 0.5) is 0 Å². The van der Waals surface area contributed by atoms with Crippen molar-refractivity contribution in [2.24, 2.45) is 5.92 Å². The standard InChI is InChI=1S/C12H20O2/c1-9-6-5-7-11(8-9)12(3,4)14-10(2)13/h8,11H,5-7H2,1-4H3. The molecule has 0 amide bonds. The Bertz CT molecular complexity index is 251. The molecule has 1 unspecified atom stereocenters. The molecule has 1 aliphatic rings. The first-order valence-electron chi connectivity index (χ1n) is 5.28. The summed E-state index contributed by atoms with van der Waals surface area (Å²) in [6, 6.07) is 0. The fourth-order valence-corrected chi connectivity index (χ4v) is 2.11. The zero-order valence-electron chi connectivity index (χ0n) is 9.59. The summed E-state index contributed by atoms with van der Waals surface area (Å²) < 4.78 is 5.34. The summed E-state index contributed by atoms with van der Waals surface area (Å²) in [6.45, 7) is 7.61. The number of allylic oxidation sites excluding steroid dienone is 1. The Balaban J connectivity index is 2.71. The Hall–Kier alpha value is -0.790. The zero-order chi connectivity index (χ0) is 10.8. The summed E-state index contributed by atoms with van der Waals surface area (Å²) >= 11 is 0. The molecule has 2 heteroatoms. The van der Waals surface area contributed by atoms with E-state index in [4.69, 9.17) is 4.74 Å². The lowest BCUT2D eigenvalue weighted by molar-refractivity contribution is -0.157. The van der Waals surface area contributed by atoms with Crippen molar-refractivity contribution in [3.63, 3.8) is 0 Å². The fourth-order valence-electron chi connectivity index (χ4n) is 2.11. The topological polar surface area (TPSA) is 26.3 Å². The van der Waals surface area contributed by atoms with Crippen LogP contribution in [0.1, 0.15) is 47.0 Å². The molecule has 0 aromatic rings. The summed E-state index contributed by atoms with van der Waals surface area (Å²) in [5.74, 6) is 0.187. The quantitative estimate of drug-likeness (QED) is 0.501. The summed E-state index contributed by atoms with van der Waals surface area (Å²) in [7, 11) is 0. The van der Waals surface area contributed by atoms with Crippen molar-refractivity contribution in [3.8, 4) is 0 Å². The van der Waals surface area contributed by atoms with Gasteiger partial charge in [0.2, 0.25) is 0 Å². The van der Waals surface area contributed by atoms with E-state index in [2.05, 4.69) is 13.0 Å². The highest BCUT2D eigenvalue weighted by atomic mass is 16.6. The predicted octanol–water partition coefficient (Wildman–Crippen LogP) is 3.07. The van der Waals surface area contributed by atoms with Gasteiger partial charge in [0.15, 0.2) is 0 Å². The molecule has 1 atom stereocenters. The number of carbonyl (C=O) groups excluding carboxylic acids is 1. The van der Waals surface area contributed by atoms with Gasteiger partial charge >= 0.3 is 5.97 Å². The van der Waals surface area contributed by atoms with Crippen molar-refractivity contribution >= 4 is 5.97 Å². The number of carbonyl (C=O) groups is 1. The molecule has 1 rings (SSSR count). The minimum Gasteiger partial charge on any atom is -0.459 e. The molecule has 0 fully saturated rings. The minimum atomic E-state index is -0.354. The molecule has 0 bridgehead atoms. The Morgan fingerprint density at radius 3 is 2.71 bits per heavy atom. The third-order valence-corrected chi connectivity index (χ3v) is 2.87. The first-order chi connectivity index (χ1) is 6.42. The molecule has 0 N–H and O–H groups in total. The average Bonchev–Trinajstić information content (AvgIpc) is 2.01. The number of rotatable bonds is 2. The van der Waals surface area contributed by atoms with Crippen LogP contribution in [-0.2, 0) is 9.53 Å². The third kappa shape index (κ3) is 2.86. The van der Waals surface area contributed by atoms with Gasteiger partial charge in [0.1, 0.15) is 5.60 Å². The number of esters is 1. The molecule has 0 radical (unpaired) electrons. The molecular formula is C12H20O2. The summed E-state index contributed by atoms with van der Waals surface area (Å²) in [5.41, 5.74) is 1.06. The maximum Gasteiger partial charge on any atom is 0.303 e. The highest BCUT2D eigenvalue weighted by molar-refractivity contribution is 5.66. The van der Waals surface area contributed by atoms with Crippen molar-refractivity contribution in [1.29, 1.82) is 0 Å². The molecule has 1 aliphatic carbocycles. The molecule has 0 heterocycles. The van der Waals surface area contributed by atoms with E-state index in [1.807, 2.05) is 13.8 Å². The van der Waals surface area contributed by atoms with Crippen molar-refractivity contribution in [1.82, 2.24) is 0 Å². The molecule has 0 spiro atoms. The van der Waals surface area contributed by atoms with Gasteiger partial charge in [-0.15, -0.1) is 0 Å². The van der Waals surface area contributed by atoms with Gasteiger partial charge in [0.25, 0.3) is 0 Å². The second-order valence-electron chi connectivity index (χ2n) is 4.71. The van der Waals surface area contributed by atoms with Crippen molar-refractivity contribution < 1.29 is 9.53 Å². The average molecular weight is 196 g/mol. The lowest BCUT2D eigenvalue weighted by Crippen LogP contribution is -2.36.